The maximum absolute atomic E-state index is 11.9. The molecule has 0 aromatic carbocycles. The van der Waals surface area contributed by atoms with Crippen molar-refractivity contribution in [2.75, 3.05) is 14.1 Å². The predicted molar refractivity (Wildman–Crippen MR) is 62.9 cm³/mol. The van der Waals surface area contributed by atoms with Crippen LogP contribution < -0.4 is 4.74 Å². The second kappa shape index (κ2) is 4.64. The number of ether oxygens (including phenoxy) is 1. The summed E-state index contributed by atoms with van der Waals surface area (Å²) in [6, 6.07) is 1.30. The van der Waals surface area contributed by atoms with Gasteiger partial charge in [0.25, 0.3) is 5.91 Å². The summed E-state index contributed by atoms with van der Waals surface area (Å²) in [5.41, 5.74) is 0.165. The summed E-state index contributed by atoms with van der Waals surface area (Å²) in [5.74, 6) is -1.10. The molecule has 1 saturated carbocycles. The number of hydrogen-bond donors (Lipinski definition) is 1. The number of carboxylic acid groups (broad SMARTS) is 1. The van der Waals surface area contributed by atoms with E-state index >= 15 is 0 Å². The van der Waals surface area contributed by atoms with Gasteiger partial charge in [0, 0.05) is 26.4 Å². The zero-order valence-electron chi connectivity index (χ0n) is 10.2. The van der Waals surface area contributed by atoms with E-state index in [1.165, 1.54) is 17.2 Å². The van der Waals surface area contributed by atoms with Crippen molar-refractivity contribution in [2.24, 2.45) is 0 Å². The van der Waals surface area contributed by atoms with Crippen molar-refractivity contribution in [3.05, 3.63) is 23.5 Å². The van der Waals surface area contributed by atoms with Gasteiger partial charge in [-0.25, -0.2) is 9.78 Å². The van der Waals surface area contributed by atoms with Crippen LogP contribution in [0.15, 0.2) is 12.3 Å². The molecule has 1 aliphatic carbocycles. The van der Waals surface area contributed by atoms with Crippen LogP contribution in [-0.2, 0) is 0 Å². The molecule has 1 aromatic rings. The van der Waals surface area contributed by atoms with E-state index in [1.807, 2.05) is 0 Å². The molecule has 0 unspecified atom stereocenters. The van der Waals surface area contributed by atoms with Gasteiger partial charge in [0.2, 0.25) is 0 Å². The normalized spacial score (nSPS) is 14.1. The van der Waals surface area contributed by atoms with Crippen LogP contribution in [0.5, 0.6) is 5.75 Å². The van der Waals surface area contributed by atoms with E-state index in [0.717, 1.165) is 12.8 Å². The van der Waals surface area contributed by atoms with Crippen molar-refractivity contribution in [3.63, 3.8) is 0 Å². The molecule has 0 aliphatic heterocycles. The van der Waals surface area contributed by atoms with Gasteiger partial charge in [0.1, 0.15) is 5.75 Å². The minimum atomic E-state index is -1.14. The fourth-order valence-corrected chi connectivity index (χ4v) is 1.42. The number of carbonyl (C=O) groups is 2. The van der Waals surface area contributed by atoms with Crippen molar-refractivity contribution in [3.8, 4) is 5.75 Å². The monoisotopic (exact) mass is 250 g/mol. The minimum absolute atomic E-state index is 0.0859. The van der Waals surface area contributed by atoms with Crippen LogP contribution in [-0.4, -0.2) is 47.1 Å². The van der Waals surface area contributed by atoms with Gasteiger partial charge < -0.3 is 14.7 Å². The fourth-order valence-electron chi connectivity index (χ4n) is 1.42. The molecule has 0 radical (unpaired) electrons. The third-order valence-corrected chi connectivity index (χ3v) is 2.54. The van der Waals surface area contributed by atoms with Gasteiger partial charge in [-0.1, -0.05) is 0 Å². The van der Waals surface area contributed by atoms with Gasteiger partial charge >= 0.3 is 5.97 Å². The Hall–Kier alpha value is -2.11. The molecular weight excluding hydrogens is 236 g/mol. The third kappa shape index (κ3) is 2.58. The van der Waals surface area contributed by atoms with E-state index in [-0.39, 0.29) is 23.3 Å². The lowest BCUT2D eigenvalue weighted by Crippen LogP contribution is -2.23. The molecule has 18 heavy (non-hydrogen) atoms. The number of rotatable bonds is 4. The van der Waals surface area contributed by atoms with Crippen LogP contribution in [0.2, 0.25) is 0 Å². The summed E-state index contributed by atoms with van der Waals surface area (Å²) in [5, 5.41) is 8.88. The van der Waals surface area contributed by atoms with Gasteiger partial charge in [-0.2, -0.15) is 0 Å². The summed E-state index contributed by atoms with van der Waals surface area (Å²) >= 11 is 0. The molecule has 6 heteroatoms. The SMILES string of the molecule is CN(C)C(=O)c1cnc(C(=O)O)cc1OC1CC1. The second-order valence-corrected chi connectivity index (χ2v) is 4.39. The van der Waals surface area contributed by atoms with Crippen LogP contribution in [0.3, 0.4) is 0 Å². The second-order valence-electron chi connectivity index (χ2n) is 4.39. The zero-order chi connectivity index (χ0) is 13.3. The topological polar surface area (TPSA) is 79.7 Å². The van der Waals surface area contributed by atoms with Crippen LogP contribution >= 0.6 is 0 Å². The lowest BCUT2D eigenvalue weighted by atomic mass is 10.2. The van der Waals surface area contributed by atoms with E-state index in [0.29, 0.717) is 5.75 Å². The van der Waals surface area contributed by atoms with Crippen LogP contribution in [0, 0.1) is 0 Å². The average Bonchev–Trinajstić information content (AvgIpc) is 3.11. The van der Waals surface area contributed by atoms with E-state index in [1.54, 1.807) is 14.1 Å². The first-order valence-corrected chi connectivity index (χ1v) is 5.60. The Labute approximate surface area is 104 Å². The molecule has 1 heterocycles. The average molecular weight is 250 g/mol. The summed E-state index contributed by atoms with van der Waals surface area (Å²) in [4.78, 5) is 27.9. The summed E-state index contributed by atoms with van der Waals surface area (Å²) in [6.45, 7) is 0. The Morgan fingerprint density at radius 2 is 2.11 bits per heavy atom. The molecule has 0 saturated heterocycles. The maximum Gasteiger partial charge on any atom is 0.354 e. The number of aromatic carboxylic acids is 1. The third-order valence-electron chi connectivity index (χ3n) is 2.54. The molecule has 0 atom stereocenters. The Balaban J connectivity index is 2.37. The van der Waals surface area contributed by atoms with Crippen LogP contribution in [0.1, 0.15) is 33.7 Å². The highest BCUT2D eigenvalue weighted by Crippen LogP contribution is 2.29. The van der Waals surface area contributed by atoms with Gasteiger partial charge in [-0.05, 0) is 12.8 Å². The minimum Gasteiger partial charge on any atom is -0.489 e. The fraction of sp³-hybridized carbons (Fsp3) is 0.417. The Bertz CT molecular complexity index is 495. The van der Waals surface area contributed by atoms with Gasteiger partial charge in [-0.15, -0.1) is 0 Å². The molecule has 0 bridgehead atoms. The maximum atomic E-state index is 11.9. The highest BCUT2D eigenvalue weighted by Gasteiger charge is 2.27. The Morgan fingerprint density at radius 3 is 2.61 bits per heavy atom. The number of aromatic nitrogens is 1. The predicted octanol–water partition coefficient (Wildman–Crippen LogP) is 1.02. The van der Waals surface area contributed by atoms with Crippen molar-refractivity contribution < 1.29 is 19.4 Å². The van der Waals surface area contributed by atoms with Gasteiger partial charge in [0.05, 0.1) is 11.7 Å². The summed E-state index contributed by atoms with van der Waals surface area (Å²) in [7, 11) is 3.24. The van der Waals surface area contributed by atoms with E-state index < -0.39 is 5.97 Å². The van der Waals surface area contributed by atoms with Gasteiger partial charge in [0.15, 0.2) is 5.69 Å². The zero-order valence-corrected chi connectivity index (χ0v) is 10.2. The molecule has 6 nitrogen and oxygen atoms in total. The van der Waals surface area contributed by atoms with E-state index in [2.05, 4.69) is 4.98 Å². The Morgan fingerprint density at radius 1 is 1.44 bits per heavy atom. The van der Waals surface area contributed by atoms with Crippen molar-refractivity contribution in [1.82, 2.24) is 9.88 Å². The van der Waals surface area contributed by atoms with Crippen molar-refractivity contribution in [1.29, 1.82) is 0 Å². The van der Waals surface area contributed by atoms with Gasteiger partial charge in [-0.3, -0.25) is 4.79 Å². The molecular formula is C12H14N2O4. The first kappa shape index (κ1) is 12.3. The highest BCUT2D eigenvalue weighted by molar-refractivity contribution is 5.97. The number of carboxylic acids is 1. The number of hydrogen-bond acceptors (Lipinski definition) is 4. The first-order valence-electron chi connectivity index (χ1n) is 5.60. The largest absolute Gasteiger partial charge is 0.489 e. The van der Waals surface area contributed by atoms with E-state index in [9.17, 15) is 9.59 Å². The molecule has 96 valence electrons. The van der Waals surface area contributed by atoms with Crippen molar-refractivity contribution >= 4 is 11.9 Å². The summed E-state index contributed by atoms with van der Waals surface area (Å²) < 4.78 is 5.57. The molecule has 1 N–H and O–H groups in total. The number of nitrogens with zero attached hydrogens (tertiary/aromatic N) is 2. The van der Waals surface area contributed by atoms with Crippen LogP contribution in [0.4, 0.5) is 0 Å². The summed E-state index contributed by atoms with van der Waals surface area (Å²) in [6.07, 6.45) is 3.20. The molecule has 0 spiro atoms. The number of carbonyl (C=O) groups excluding carboxylic acids is 1. The smallest absolute Gasteiger partial charge is 0.354 e. The first-order chi connectivity index (χ1) is 8.49. The van der Waals surface area contributed by atoms with Crippen LogP contribution in [0.25, 0.3) is 0 Å². The lowest BCUT2D eigenvalue weighted by molar-refractivity contribution is 0.0687. The Kier molecular flexibility index (Phi) is 3.18. The standard InChI is InChI=1S/C12H14N2O4/c1-14(2)11(15)8-6-13-9(12(16)17)5-10(8)18-7-3-4-7/h5-7H,3-4H2,1-2H3,(H,16,17). The number of amides is 1. The van der Waals surface area contributed by atoms with Crippen molar-refractivity contribution in [2.45, 2.75) is 18.9 Å². The quantitative estimate of drug-likeness (QED) is 0.863. The van der Waals surface area contributed by atoms with E-state index in [4.69, 9.17) is 9.84 Å². The lowest BCUT2D eigenvalue weighted by Gasteiger charge is -2.14. The molecule has 1 fully saturated rings. The molecule has 1 aromatic heterocycles. The molecule has 2 rings (SSSR count). The molecule has 1 aliphatic rings. The highest BCUT2D eigenvalue weighted by atomic mass is 16.5. The molecule has 1 amide bonds. The number of pyridine rings is 1.